The average Bonchev–Trinajstić information content (AvgIpc) is 3.11. The highest BCUT2D eigenvalue weighted by atomic mass is 32.2. The molecule has 2 N–H and O–H groups in total. The van der Waals surface area contributed by atoms with E-state index < -0.39 is 16.1 Å². The molecule has 0 spiro atoms. The molecule has 28 heavy (non-hydrogen) atoms. The van der Waals surface area contributed by atoms with Crippen LogP contribution in [0.4, 0.5) is 0 Å². The maximum absolute atomic E-state index is 12.7. The Hall–Kier alpha value is -1.19. The smallest absolute Gasteiger partial charge is 0.244 e. The molecule has 2 aliphatic heterocycles. The van der Waals surface area contributed by atoms with Gasteiger partial charge in [0.05, 0.1) is 12.1 Å². The van der Waals surface area contributed by atoms with Crippen molar-refractivity contribution >= 4 is 10.0 Å². The Labute approximate surface area is 167 Å². The molecule has 0 radical (unpaired) electrons. The van der Waals surface area contributed by atoms with E-state index in [4.69, 9.17) is 4.74 Å². The van der Waals surface area contributed by atoms with Crippen molar-refractivity contribution in [3.8, 4) is 5.75 Å². The van der Waals surface area contributed by atoms with Gasteiger partial charge >= 0.3 is 0 Å². The number of likely N-dealkylation sites (N-methyl/N-ethyl adjacent to an activating group) is 1. The summed E-state index contributed by atoms with van der Waals surface area (Å²) < 4.78 is 34.3. The molecule has 4 rings (SSSR count). The van der Waals surface area contributed by atoms with E-state index in [9.17, 15) is 13.5 Å². The van der Waals surface area contributed by atoms with E-state index in [0.29, 0.717) is 18.3 Å². The first-order chi connectivity index (χ1) is 13.4. The van der Waals surface area contributed by atoms with Gasteiger partial charge < -0.3 is 9.84 Å². The number of sulfonamides is 1. The van der Waals surface area contributed by atoms with Gasteiger partial charge in [-0.2, -0.15) is 0 Å². The second kappa shape index (κ2) is 8.28. The molecule has 156 valence electrons. The fourth-order valence-electron chi connectivity index (χ4n) is 4.82. The summed E-state index contributed by atoms with van der Waals surface area (Å²) in [5.41, 5.74) is 0. The molecule has 0 aromatic heterocycles. The Morgan fingerprint density at radius 2 is 1.86 bits per heavy atom. The number of nitrogens with zero attached hydrogens (tertiary/aromatic N) is 2. The molecule has 1 aromatic carbocycles. The fourth-order valence-corrected chi connectivity index (χ4v) is 6.02. The molecule has 1 saturated carbocycles. The third-order valence-electron chi connectivity index (χ3n) is 6.35. The summed E-state index contributed by atoms with van der Waals surface area (Å²) in [4.78, 5) is 4.78. The highest BCUT2D eigenvalue weighted by Gasteiger charge is 2.41. The molecular formula is C20H31N3O4S. The summed E-state index contributed by atoms with van der Waals surface area (Å²) in [6, 6.07) is 7.49. The summed E-state index contributed by atoms with van der Waals surface area (Å²) in [6.45, 7) is 2.07. The average molecular weight is 410 g/mol. The molecule has 7 nitrogen and oxygen atoms in total. The highest BCUT2D eigenvalue weighted by Crippen LogP contribution is 2.31. The van der Waals surface area contributed by atoms with Crippen LogP contribution >= 0.6 is 0 Å². The Morgan fingerprint density at radius 3 is 2.64 bits per heavy atom. The van der Waals surface area contributed by atoms with Crippen LogP contribution < -0.4 is 9.46 Å². The zero-order chi connectivity index (χ0) is 19.7. The minimum atomic E-state index is -3.74. The lowest BCUT2D eigenvalue weighted by atomic mass is 9.94. The lowest BCUT2D eigenvalue weighted by Crippen LogP contribution is -2.47. The number of hydrogen-bond acceptors (Lipinski definition) is 6. The minimum absolute atomic E-state index is 0.00919. The Balaban J connectivity index is 1.64. The first kappa shape index (κ1) is 20.1. The molecular weight excluding hydrogens is 378 g/mol. The number of hydrogen-bond donors (Lipinski definition) is 2. The lowest BCUT2D eigenvalue weighted by molar-refractivity contribution is 0.0712. The van der Waals surface area contributed by atoms with Crippen molar-refractivity contribution in [2.45, 2.75) is 61.3 Å². The van der Waals surface area contributed by atoms with Crippen LogP contribution in [0, 0.1) is 0 Å². The van der Waals surface area contributed by atoms with Crippen molar-refractivity contribution in [2.24, 2.45) is 0 Å². The number of fused-ring (bicyclic) bond motifs is 2. The van der Waals surface area contributed by atoms with Crippen LogP contribution in [-0.2, 0) is 10.0 Å². The summed E-state index contributed by atoms with van der Waals surface area (Å²) in [7, 11) is -1.74. The van der Waals surface area contributed by atoms with Gasteiger partial charge in [-0.25, -0.2) is 13.1 Å². The summed E-state index contributed by atoms with van der Waals surface area (Å²) >= 11 is 0. The van der Waals surface area contributed by atoms with Gasteiger partial charge in [0.25, 0.3) is 0 Å². The summed E-state index contributed by atoms with van der Waals surface area (Å²) in [6.07, 6.45) is 5.42. The topological polar surface area (TPSA) is 82.1 Å². The number of rotatable bonds is 1. The van der Waals surface area contributed by atoms with Gasteiger partial charge in [0.1, 0.15) is 16.7 Å². The van der Waals surface area contributed by atoms with E-state index in [2.05, 4.69) is 14.5 Å². The molecule has 2 heterocycles. The van der Waals surface area contributed by atoms with Crippen molar-refractivity contribution in [3.63, 3.8) is 0 Å². The Kier molecular flexibility index (Phi) is 5.94. The number of aliphatic hydroxyl groups excluding tert-OH is 1. The van der Waals surface area contributed by atoms with E-state index in [1.807, 2.05) is 7.05 Å². The standard InChI is InChI=1S/C20H31N3O4S/c1-22-12-16(24)11-21-28(25,26)20-10-6-5-9-18(20)27-19-14-23(13-17(19)22)15-7-3-2-4-8-15/h5-6,9-10,15-17,19,21,24H,2-4,7-8,11-14H2,1H3/t16-,17+,19-/m0/s1. The van der Waals surface area contributed by atoms with Gasteiger partial charge in [0.15, 0.2) is 0 Å². The maximum atomic E-state index is 12.7. The molecule has 1 aliphatic carbocycles. The maximum Gasteiger partial charge on any atom is 0.244 e. The van der Waals surface area contributed by atoms with E-state index >= 15 is 0 Å². The van der Waals surface area contributed by atoms with Crippen molar-refractivity contribution in [1.82, 2.24) is 14.5 Å². The van der Waals surface area contributed by atoms with Crippen LogP contribution in [0.25, 0.3) is 0 Å². The van der Waals surface area contributed by atoms with Crippen molar-refractivity contribution in [1.29, 1.82) is 0 Å². The molecule has 1 saturated heterocycles. The van der Waals surface area contributed by atoms with E-state index in [0.717, 1.165) is 13.1 Å². The number of likely N-dealkylation sites (tertiary alicyclic amines) is 1. The number of β-amino-alcohol motifs (C(OH)–C–C–N with tert-alkyl or cyclic N) is 1. The third kappa shape index (κ3) is 4.21. The molecule has 0 unspecified atom stereocenters. The zero-order valence-electron chi connectivity index (χ0n) is 16.5. The van der Waals surface area contributed by atoms with Crippen molar-refractivity contribution in [3.05, 3.63) is 24.3 Å². The number of ether oxygens (including phenoxy) is 1. The van der Waals surface area contributed by atoms with Gasteiger partial charge in [0.2, 0.25) is 10.0 Å². The first-order valence-corrected chi connectivity index (χ1v) is 11.8. The van der Waals surface area contributed by atoms with Gasteiger partial charge in [-0.15, -0.1) is 0 Å². The second-order valence-corrected chi connectivity index (χ2v) is 10.1. The van der Waals surface area contributed by atoms with Crippen molar-refractivity contribution < 1.29 is 18.3 Å². The number of para-hydroxylation sites is 1. The monoisotopic (exact) mass is 409 g/mol. The van der Waals surface area contributed by atoms with Crippen LogP contribution in [-0.4, -0.2) is 80.8 Å². The molecule has 3 aliphatic rings. The first-order valence-electron chi connectivity index (χ1n) is 10.3. The van der Waals surface area contributed by atoms with E-state index in [-0.39, 0.29) is 23.6 Å². The Morgan fingerprint density at radius 1 is 1.11 bits per heavy atom. The highest BCUT2D eigenvalue weighted by molar-refractivity contribution is 7.89. The minimum Gasteiger partial charge on any atom is -0.486 e. The number of nitrogens with one attached hydrogen (secondary N) is 1. The van der Waals surface area contributed by atoms with Crippen LogP contribution in [0.1, 0.15) is 32.1 Å². The molecule has 3 atom stereocenters. The molecule has 0 amide bonds. The predicted octanol–water partition coefficient (Wildman–Crippen LogP) is 1.04. The van der Waals surface area contributed by atoms with E-state index in [1.165, 1.54) is 32.1 Å². The second-order valence-electron chi connectivity index (χ2n) is 8.36. The van der Waals surface area contributed by atoms with Crippen LogP contribution in [0.15, 0.2) is 29.2 Å². The zero-order valence-corrected chi connectivity index (χ0v) is 17.3. The van der Waals surface area contributed by atoms with Gasteiger partial charge in [-0.1, -0.05) is 31.4 Å². The number of aliphatic hydroxyl groups is 1. The lowest BCUT2D eigenvalue weighted by Gasteiger charge is -2.32. The normalized spacial score (nSPS) is 32.7. The van der Waals surface area contributed by atoms with Crippen LogP contribution in [0.3, 0.4) is 0 Å². The van der Waals surface area contributed by atoms with Gasteiger partial charge in [-0.3, -0.25) is 9.80 Å². The molecule has 2 fully saturated rings. The third-order valence-corrected chi connectivity index (χ3v) is 7.81. The van der Waals surface area contributed by atoms with Gasteiger partial charge in [-0.05, 0) is 32.0 Å². The van der Waals surface area contributed by atoms with Crippen LogP contribution in [0.2, 0.25) is 0 Å². The SMILES string of the molecule is CN1C[C@@H](O)CNS(=O)(=O)c2ccccc2O[C@H]2CN(C3CCCCC3)C[C@H]21. The molecule has 1 aromatic rings. The van der Waals surface area contributed by atoms with E-state index in [1.54, 1.807) is 24.3 Å². The summed E-state index contributed by atoms with van der Waals surface area (Å²) in [5.74, 6) is 0.389. The summed E-state index contributed by atoms with van der Waals surface area (Å²) in [5, 5.41) is 10.4. The van der Waals surface area contributed by atoms with Crippen LogP contribution in [0.5, 0.6) is 5.75 Å². The predicted molar refractivity (Wildman–Crippen MR) is 107 cm³/mol. The van der Waals surface area contributed by atoms with Crippen molar-refractivity contribution in [2.75, 3.05) is 33.2 Å². The fraction of sp³-hybridized carbons (Fsp3) is 0.700. The van der Waals surface area contributed by atoms with Gasteiger partial charge in [0, 0.05) is 32.2 Å². The number of benzene rings is 1. The Bertz CT molecular complexity index is 781. The quantitative estimate of drug-likeness (QED) is 0.721. The molecule has 0 bridgehead atoms. The largest absolute Gasteiger partial charge is 0.486 e. The molecule has 8 heteroatoms.